The number of halogens is 3. The van der Waals surface area contributed by atoms with Gasteiger partial charge in [-0.25, -0.2) is 0 Å². The highest BCUT2D eigenvalue weighted by atomic mass is 32.1. The van der Waals surface area contributed by atoms with Crippen LogP contribution >= 0.6 is 11.3 Å². The molecule has 0 fully saturated rings. The van der Waals surface area contributed by atoms with Crippen molar-refractivity contribution >= 4 is 17.2 Å². The van der Waals surface area contributed by atoms with Crippen molar-refractivity contribution in [3.63, 3.8) is 0 Å². The highest BCUT2D eigenvalue weighted by molar-refractivity contribution is 7.10. The van der Waals surface area contributed by atoms with Crippen LogP contribution in [0.25, 0.3) is 0 Å². The average molecular weight is 403 g/mol. The zero-order valence-corrected chi connectivity index (χ0v) is 16.1. The van der Waals surface area contributed by atoms with Crippen LogP contribution in [0.5, 0.6) is 0 Å². The molecule has 3 aromatic rings. The van der Waals surface area contributed by atoms with E-state index in [1.54, 1.807) is 0 Å². The van der Waals surface area contributed by atoms with Crippen molar-refractivity contribution < 1.29 is 18.0 Å². The van der Waals surface area contributed by atoms with E-state index in [9.17, 15) is 18.0 Å². The first kappa shape index (κ1) is 20.1. The predicted octanol–water partition coefficient (Wildman–Crippen LogP) is 5.78. The quantitative estimate of drug-likeness (QED) is 0.556. The number of nitrogens with one attached hydrogen (secondary N) is 1. The van der Waals surface area contributed by atoms with Gasteiger partial charge in [0.1, 0.15) is 0 Å². The number of carbonyl (C=O) groups is 1. The van der Waals surface area contributed by atoms with Gasteiger partial charge in [0.05, 0.1) is 18.0 Å². The van der Waals surface area contributed by atoms with Crippen LogP contribution in [0.3, 0.4) is 0 Å². The predicted molar refractivity (Wildman–Crippen MR) is 105 cm³/mol. The normalized spacial score (nSPS) is 12.6. The Kier molecular flexibility index (Phi) is 6.19. The molecule has 28 heavy (non-hydrogen) atoms. The van der Waals surface area contributed by atoms with Crippen LogP contribution in [-0.4, -0.2) is 5.91 Å². The molecule has 1 amide bonds. The topological polar surface area (TPSA) is 29.1 Å². The maximum Gasteiger partial charge on any atom is 0.416 e. The minimum Gasteiger partial charge on any atom is -0.344 e. The Morgan fingerprint density at radius 2 is 1.79 bits per heavy atom. The number of rotatable bonds is 6. The van der Waals surface area contributed by atoms with Gasteiger partial charge in [0.2, 0.25) is 5.91 Å². The van der Waals surface area contributed by atoms with Gasteiger partial charge in [0.15, 0.2) is 0 Å². The molecule has 0 radical (unpaired) electrons. The molecular formula is C22H20F3NOS. The van der Waals surface area contributed by atoms with Gasteiger partial charge in [-0.05, 0) is 40.6 Å². The third-order valence-electron chi connectivity index (χ3n) is 4.47. The van der Waals surface area contributed by atoms with Gasteiger partial charge in [-0.15, -0.1) is 11.3 Å². The maximum atomic E-state index is 12.9. The maximum absolute atomic E-state index is 12.9. The molecule has 3 rings (SSSR count). The van der Waals surface area contributed by atoms with E-state index in [0.717, 1.165) is 29.0 Å². The molecule has 0 spiro atoms. The molecule has 2 aromatic carbocycles. The second kappa shape index (κ2) is 8.61. The summed E-state index contributed by atoms with van der Waals surface area (Å²) in [6.07, 6.45) is -3.61. The minimum atomic E-state index is -4.42. The van der Waals surface area contributed by atoms with Crippen LogP contribution in [-0.2, 0) is 23.8 Å². The van der Waals surface area contributed by atoms with Crippen LogP contribution < -0.4 is 5.32 Å². The van der Waals surface area contributed by atoms with Gasteiger partial charge in [-0.3, -0.25) is 4.79 Å². The van der Waals surface area contributed by atoms with E-state index >= 15 is 0 Å². The van der Waals surface area contributed by atoms with Gasteiger partial charge in [-0.1, -0.05) is 55.5 Å². The summed E-state index contributed by atoms with van der Waals surface area (Å²) >= 11 is 1.53. The SMILES string of the molecule is CCc1ccc([C@@H](NC(=O)Cc2cccc(C(F)(F)F)c2)c2cccs2)cc1. The highest BCUT2D eigenvalue weighted by Crippen LogP contribution is 2.30. The number of alkyl halides is 3. The van der Waals surface area contributed by atoms with Crippen molar-refractivity contribution in [1.29, 1.82) is 0 Å². The Hall–Kier alpha value is -2.60. The highest BCUT2D eigenvalue weighted by Gasteiger charge is 2.30. The molecule has 0 saturated carbocycles. The summed E-state index contributed by atoms with van der Waals surface area (Å²) < 4.78 is 38.7. The van der Waals surface area contributed by atoms with Crippen molar-refractivity contribution in [2.24, 2.45) is 0 Å². The van der Waals surface area contributed by atoms with Crippen LogP contribution in [0.15, 0.2) is 66.0 Å². The molecule has 0 unspecified atom stereocenters. The van der Waals surface area contributed by atoms with Crippen LogP contribution in [0.1, 0.15) is 40.1 Å². The fourth-order valence-corrected chi connectivity index (χ4v) is 3.78. The molecule has 0 aliphatic heterocycles. The van der Waals surface area contributed by atoms with E-state index in [2.05, 4.69) is 12.2 Å². The zero-order valence-electron chi connectivity index (χ0n) is 15.3. The molecule has 1 atom stereocenters. The van der Waals surface area contributed by atoms with E-state index in [-0.39, 0.29) is 18.4 Å². The van der Waals surface area contributed by atoms with Crippen LogP contribution in [0, 0.1) is 0 Å². The fourth-order valence-electron chi connectivity index (χ4n) is 2.98. The van der Waals surface area contributed by atoms with E-state index in [1.807, 2.05) is 41.8 Å². The lowest BCUT2D eigenvalue weighted by molar-refractivity contribution is -0.137. The Bertz CT molecular complexity index is 918. The second-order valence-electron chi connectivity index (χ2n) is 6.49. The number of hydrogen-bond acceptors (Lipinski definition) is 2. The second-order valence-corrected chi connectivity index (χ2v) is 7.47. The monoisotopic (exact) mass is 403 g/mol. The molecule has 1 N–H and O–H groups in total. The largest absolute Gasteiger partial charge is 0.416 e. The third kappa shape index (κ3) is 5.01. The molecule has 0 aliphatic rings. The van der Waals surface area contributed by atoms with Gasteiger partial charge in [-0.2, -0.15) is 13.2 Å². The molecule has 0 saturated heterocycles. The number of aryl methyl sites for hydroxylation is 1. The number of thiophene rings is 1. The minimum absolute atomic E-state index is 0.112. The summed E-state index contributed by atoms with van der Waals surface area (Å²) in [5.74, 6) is -0.322. The molecule has 6 heteroatoms. The van der Waals surface area contributed by atoms with E-state index in [1.165, 1.54) is 29.0 Å². The molecule has 1 heterocycles. The molecule has 146 valence electrons. The molecule has 2 nitrogen and oxygen atoms in total. The summed E-state index contributed by atoms with van der Waals surface area (Å²) in [6, 6.07) is 16.4. The summed E-state index contributed by atoms with van der Waals surface area (Å²) in [5.41, 5.74) is 1.72. The first-order valence-corrected chi connectivity index (χ1v) is 9.82. The van der Waals surface area contributed by atoms with Crippen molar-refractivity contribution in [3.05, 3.63) is 93.2 Å². The van der Waals surface area contributed by atoms with Crippen molar-refractivity contribution in [2.75, 3.05) is 0 Å². The summed E-state index contributed by atoms with van der Waals surface area (Å²) in [5, 5.41) is 4.90. The van der Waals surface area contributed by atoms with Crippen LogP contribution in [0.2, 0.25) is 0 Å². The summed E-state index contributed by atoms with van der Waals surface area (Å²) in [4.78, 5) is 13.6. The van der Waals surface area contributed by atoms with E-state index < -0.39 is 11.7 Å². The first-order chi connectivity index (χ1) is 13.4. The average Bonchev–Trinajstić information content (AvgIpc) is 3.20. The summed E-state index contributed by atoms with van der Waals surface area (Å²) in [6.45, 7) is 2.07. The lowest BCUT2D eigenvalue weighted by Crippen LogP contribution is -2.30. The Morgan fingerprint density at radius 1 is 1.04 bits per heavy atom. The Balaban J connectivity index is 1.78. The summed E-state index contributed by atoms with van der Waals surface area (Å²) in [7, 11) is 0. The van der Waals surface area contributed by atoms with Gasteiger partial charge in [0, 0.05) is 4.88 Å². The zero-order chi connectivity index (χ0) is 20.1. The van der Waals surface area contributed by atoms with Crippen LogP contribution in [0.4, 0.5) is 13.2 Å². The molecule has 0 bridgehead atoms. The fraction of sp³-hybridized carbons (Fsp3) is 0.227. The lowest BCUT2D eigenvalue weighted by Gasteiger charge is -2.19. The third-order valence-corrected chi connectivity index (χ3v) is 5.41. The van der Waals surface area contributed by atoms with Crippen molar-refractivity contribution in [2.45, 2.75) is 32.0 Å². The van der Waals surface area contributed by atoms with Gasteiger partial charge < -0.3 is 5.32 Å². The van der Waals surface area contributed by atoms with Gasteiger partial charge in [0.25, 0.3) is 0 Å². The first-order valence-electron chi connectivity index (χ1n) is 8.94. The van der Waals surface area contributed by atoms with Crippen molar-refractivity contribution in [1.82, 2.24) is 5.32 Å². The molecule has 0 aliphatic carbocycles. The van der Waals surface area contributed by atoms with Gasteiger partial charge >= 0.3 is 6.18 Å². The smallest absolute Gasteiger partial charge is 0.344 e. The molecular weight excluding hydrogens is 383 g/mol. The van der Waals surface area contributed by atoms with E-state index in [4.69, 9.17) is 0 Å². The standard InChI is InChI=1S/C22H20F3NOS/c1-2-15-8-10-17(11-9-15)21(19-7-4-12-28-19)26-20(27)14-16-5-3-6-18(13-16)22(23,24)25/h3-13,21H,2,14H2,1H3,(H,26,27)/t21-/m1/s1. The number of hydrogen-bond donors (Lipinski definition) is 1. The number of benzene rings is 2. The Morgan fingerprint density at radius 3 is 2.39 bits per heavy atom. The van der Waals surface area contributed by atoms with Crippen molar-refractivity contribution in [3.8, 4) is 0 Å². The number of carbonyl (C=O) groups excluding carboxylic acids is 1. The molecule has 1 aromatic heterocycles. The lowest BCUT2D eigenvalue weighted by atomic mass is 10.0. The Labute approximate surface area is 166 Å². The van der Waals surface area contributed by atoms with E-state index in [0.29, 0.717) is 5.56 Å². The number of amides is 1.